The van der Waals surface area contributed by atoms with Gasteiger partial charge in [-0.1, -0.05) is 0 Å². The van der Waals surface area contributed by atoms with Crippen LogP contribution in [0.15, 0.2) is 30.5 Å². The van der Waals surface area contributed by atoms with Crippen LogP contribution in [0.5, 0.6) is 0 Å². The quantitative estimate of drug-likeness (QED) is 0.458. The summed E-state index contributed by atoms with van der Waals surface area (Å²) in [6.07, 6.45) is -2.86. The second-order valence-electron chi connectivity index (χ2n) is 6.40. The number of hydrogen-bond donors (Lipinski definition) is 2. The lowest BCUT2D eigenvalue weighted by molar-refractivity contribution is -0.137. The van der Waals surface area contributed by atoms with Crippen molar-refractivity contribution in [1.29, 1.82) is 10.7 Å². The molecule has 2 aromatic rings. The molecule has 1 aliphatic carbocycles. The van der Waals surface area contributed by atoms with Crippen molar-refractivity contribution in [3.8, 4) is 6.07 Å². The Morgan fingerprint density at radius 1 is 1.32 bits per heavy atom. The van der Waals surface area contributed by atoms with Gasteiger partial charge in [0.1, 0.15) is 0 Å². The number of nitrogens with zero attached hydrogens (tertiary/aromatic N) is 2. The molecule has 1 amide bonds. The van der Waals surface area contributed by atoms with Gasteiger partial charge in [-0.25, -0.2) is 4.98 Å². The number of halogens is 4. The first-order chi connectivity index (χ1) is 13.2. The van der Waals surface area contributed by atoms with Crippen molar-refractivity contribution in [2.45, 2.75) is 31.4 Å². The van der Waals surface area contributed by atoms with Gasteiger partial charge in [0.05, 0.1) is 23.1 Å². The number of carbonyl (C=O) groups excluding carboxylic acids is 1. The predicted octanol–water partition coefficient (Wildman–Crippen LogP) is 4.19. The number of alkyl halides is 3. The van der Waals surface area contributed by atoms with Gasteiger partial charge in [-0.2, -0.15) is 22.8 Å². The number of fused-ring (bicyclic) bond motifs is 1. The van der Waals surface area contributed by atoms with Crippen LogP contribution in [0.2, 0.25) is 0 Å². The van der Waals surface area contributed by atoms with E-state index < -0.39 is 35.1 Å². The molecule has 1 aromatic carbocycles. The van der Waals surface area contributed by atoms with E-state index in [9.17, 15) is 22.4 Å². The maximum Gasteiger partial charge on any atom is 0.417 e. The number of rotatable bonds is 2. The molecule has 0 bridgehead atoms. The van der Waals surface area contributed by atoms with E-state index in [2.05, 4.69) is 10.3 Å². The lowest BCUT2D eigenvalue weighted by Gasteiger charge is -2.18. The fourth-order valence-electron chi connectivity index (χ4n) is 3.22. The van der Waals surface area contributed by atoms with Gasteiger partial charge in [0.15, 0.2) is 0 Å². The molecule has 0 radical (unpaired) electrons. The lowest BCUT2D eigenvalue weighted by atomic mass is 9.93. The number of hydrogen-bond acceptors (Lipinski definition) is 4. The van der Waals surface area contributed by atoms with E-state index >= 15 is 0 Å². The minimum Gasteiger partial charge on any atom is -0.326 e. The monoisotopic (exact) mass is 390 g/mol. The number of anilines is 1. The third-order valence-corrected chi connectivity index (χ3v) is 4.57. The summed E-state index contributed by atoms with van der Waals surface area (Å²) in [7, 11) is 0. The number of benzene rings is 1. The average Bonchev–Trinajstić information content (AvgIpc) is 2.80. The number of nitriles is 1. The highest BCUT2D eigenvalue weighted by molar-refractivity contribution is 5.97. The van der Waals surface area contributed by atoms with E-state index in [-0.39, 0.29) is 36.2 Å². The van der Waals surface area contributed by atoms with Crippen LogP contribution in [0.25, 0.3) is 0 Å². The number of pyridine rings is 1. The summed E-state index contributed by atoms with van der Waals surface area (Å²) in [5.74, 6) is -2.09. The maximum absolute atomic E-state index is 14.1. The maximum atomic E-state index is 14.1. The third-order valence-electron chi connectivity index (χ3n) is 4.57. The van der Waals surface area contributed by atoms with E-state index in [0.717, 1.165) is 18.2 Å². The van der Waals surface area contributed by atoms with E-state index in [1.165, 1.54) is 18.3 Å². The van der Waals surface area contributed by atoms with Gasteiger partial charge in [-0.05, 0) is 42.7 Å². The second-order valence-corrected chi connectivity index (χ2v) is 6.40. The molecule has 2 N–H and O–H groups in total. The van der Waals surface area contributed by atoms with Crippen LogP contribution in [-0.2, 0) is 17.4 Å². The Labute approximate surface area is 157 Å². The van der Waals surface area contributed by atoms with Crippen LogP contribution in [0, 0.1) is 22.7 Å². The van der Waals surface area contributed by atoms with E-state index in [1.54, 1.807) is 0 Å². The van der Waals surface area contributed by atoms with Gasteiger partial charge < -0.3 is 10.7 Å². The summed E-state index contributed by atoms with van der Waals surface area (Å²) < 4.78 is 52.8. The van der Waals surface area contributed by atoms with E-state index in [0.29, 0.717) is 5.56 Å². The first kappa shape index (κ1) is 19.5. The van der Waals surface area contributed by atoms with Gasteiger partial charge >= 0.3 is 6.18 Å². The molecule has 0 aliphatic heterocycles. The average molecular weight is 390 g/mol. The van der Waals surface area contributed by atoms with Crippen LogP contribution in [0.1, 0.15) is 41.0 Å². The van der Waals surface area contributed by atoms with Crippen molar-refractivity contribution in [2.75, 3.05) is 5.32 Å². The molecule has 0 spiro atoms. The predicted molar refractivity (Wildman–Crippen MR) is 92.4 cm³/mol. The fourth-order valence-corrected chi connectivity index (χ4v) is 3.22. The van der Waals surface area contributed by atoms with Crippen molar-refractivity contribution in [2.24, 2.45) is 0 Å². The smallest absolute Gasteiger partial charge is 0.326 e. The van der Waals surface area contributed by atoms with Crippen LogP contribution in [0.3, 0.4) is 0 Å². The molecule has 5 nitrogen and oxygen atoms in total. The SMILES string of the molecule is N#Cc1cc(NC(=O)C2CCC(=N)Cc3c2ccnc3F)ccc1C(F)(F)F. The van der Waals surface area contributed by atoms with Crippen LogP contribution in [-0.4, -0.2) is 16.6 Å². The van der Waals surface area contributed by atoms with Gasteiger partial charge in [0.25, 0.3) is 0 Å². The highest BCUT2D eigenvalue weighted by Crippen LogP contribution is 2.34. The number of carbonyl (C=O) groups is 1. The van der Waals surface area contributed by atoms with Crippen molar-refractivity contribution < 1.29 is 22.4 Å². The summed E-state index contributed by atoms with van der Waals surface area (Å²) in [5.41, 5.74) is -0.817. The Morgan fingerprint density at radius 3 is 2.75 bits per heavy atom. The normalized spacial score (nSPS) is 16.7. The van der Waals surface area contributed by atoms with Crippen molar-refractivity contribution in [1.82, 2.24) is 4.98 Å². The Hall–Kier alpha value is -3.28. The molecule has 1 unspecified atom stereocenters. The van der Waals surface area contributed by atoms with Crippen LogP contribution < -0.4 is 5.32 Å². The number of aromatic nitrogens is 1. The zero-order valence-corrected chi connectivity index (χ0v) is 14.4. The van der Waals surface area contributed by atoms with Crippen LogP contribution >= 0.6 is 0 Å². The molecule has 1 aliphatic rings. The Bertz CT molecular complexity index is 994. The third kappa shape index (κ3) is 3.86. The Kier molecular flexibility index (Phi) is 5.14. The fraction of sp³-hybridized carbons (Fsp3) is 0.263. The highest BCUT2D eigenvalue weighted by atomic mass is 19.4. The van der Waals surface area contributed by atoms with Gasteiger partial charge in [-0.15, -0.1) is 0 Å². The molecular formula is C19H14F4N4O. The molecular weight excluding hydrogens is 376 g/mol. The summed E-state index contributed by atoms with van der Waals surface area (Å²) in [4.78, 5) is 16.3. The lowest BCUT2D eigenvalue weighted by Crippen LogP contribution is -2.22. The summed E-state index contributed by atoms with van der Waals surface area (Å²) >= 11 is 0. The molecule has 9 heteroatoms. The number of nitrogens with one attached hydrogen (secondary N) is 2. The second kappa shape index (κ2) is 7.38. The molecule has 144 valence electrons. The first-order valence-electron chi connectivity index (χ1n) is 8.32. The number of amides is 1. The van der Waals surface area contributed by atoms with Gasteiger partial charge in [0, 0.05) is 29.6 Å². The largest absolute Gasteiger partial charge is 0.417 e. The summed E-state index contributed by atoms with van der Waals surface area (Å²) in [6.45, 7) is 0. The van der Waals surface area contributed by atoms with Gasteiger partial charge in [0.2, 0.25) is 11.9 Å². The van der Waals surface area contributed by atoms with E-state index in [1.807, 2.05) is 0 Å². The molecule has 0 saturated carbocycles. The molecule has 1 heterocycles. The Morgan fingerprint density at radius 2 is 2.07 bits per heavy atom. The van der Waals surface area contributed by atoms with Gasteiger partial charge in [-0.3, -0.25) is 4.79 Å². The molecule has 0 fully saturated rings. The Balaban J connectivity index is 1.91. The zero-order valence-electron chi connectivity index (χ0n) is 14.4. The molecule has 3 rings (SSSR count). The molecule has 28 heavy (non-hydrogen) atoms. The minimum atomic E-state index is -4.68. The van der Waals surface area contributed by atoms with Crippen LogP contribution in [0.4, 0.5) is 23.2 Å². The standard InChI is InChI=1S/C19H14F4N4O/c20-17-15-8-11(25)1-3-14(13(15)5-6-26-17)18(28)27-12-2-4-16(19(21,22)23)10(7-12)9-24/h2,4-7,14,25H,1,3,8H2,(H,27,28). The summed E-state index contributed by atoms with van der Waals surface area (Å²) in [6, 6.07) is 5.73. The molecule has 0 saturated heterocycles. The highest BCUT2D eigenvalue weighted by Gasteiger charge is 2.34. The first-order valence-corrected chi connectivity index (χ1v) is 8.32. The van der Waals surface area contributed by atoms with Crippen molar-refractivity contribution in [3.63, 3.8) is 0 Å². The van der Waals surface area contributed by atoms with Crippen molar-refractivity contribution >= 4 is 17.3 Å². The van der Waals surface area contributed by atoms with E-state index in [4.69, 9.17) is 10.7 Å². The topological polar surface area (TPSA) is 89.6 Å². The molecule has 1 atom stereocenters. The summed E-state index contributed by atoms with van der Waals surface area (Å²) in [5, 5.41) is 19.4. The molecule has 1 aromatic heterocycles. The zero-order chi connectivity index (χ0) is 20.5. The van der Waals surface area contributed by atoms with Crippen molar-refractivity contribution in [3.05, 3.63) is 58.7 Å². The minimum absolute atomic E-state index is 0.0324.